The number of amides is 1. The summed E-state index contributed by atoms with van der Waals surface area (Å²) < 4.78 is 28.8. The molecule has 1 aromatic carbocycles. The van der Waals surface area contributed by atoms with E-state index < -0.39 is 10.0 Å². The standard InChI is InChI=1S/C25H33N7O3S/c1-18-26-22(29-9-7-28(2)8-10-29)17-23(27-18)30-11-13-31(14-12-30)36(34,35)21-15-19-3-4-24(33)32-6-5-20(16-21)25(19)32/h15-17H,3-14H2,1-2H3. The molecule has 192 valence electrons. The maximum absolute atomic E-state index is 13.6. The molecule has 36 heavy (non-hydrogen) atoms. The van der Waals surface area contributed by atoms with Gasteiger partial charge in [-0.25, -0.2) is 18.4 Å². The van der Waals surface area contributed by atoms with Crippen LogP contribution in [-0.4, -0.2) is 99.4 Å². The molecule has 1 aromatic heterocycles. The molecule has 4 aliphatic heterocycles. The summed E-state index contributed by atoms with van der Waals surface area (Å²) in [6.07, 6.45) is 1.77. The normalized spacial score (nSPS) is 21.3. The van der Waals surface area contributed by atoms with Crippen LogP contribution in [0.4, 0.5) is 17.3 Å². The number of hydrogen-bond acceptors (Lipinski definition) is 8. The molecule has 10 nitrogen and oxygen atoms in total. The largest absolute Gasteiger partial charge is 0.354 e. The van der Waals surface area contributed by atoms with Crippen LogP contribution in [0.3, 0.4) is 0 Å². The molecule has 2 aromatic rings. The Balaban J connectivity index is 1.18. The number of likely N-dealkylation sites (N-methyl/N-ethyl adjacent to an activating group) is 1. The molecule has 2 fully saturated rings. The minimum Gasteiger partial charge on any atom is -0.354 e. The number of benzene rings is 1. The van der Waals surface area contributed by atoms with E-state index in [0.29, 0.717) is 56.9 Å². The highest BCUT2D eigenvalue weighted by Crippen LogP contribution is 2.39. The van der Waals surface area contributed by atoms with Gasteiger partial charge in [0.2, 0.25) is 15.9 Å². The highest BCUT2D eigenvalue weighted by Gasteiger charge is 2.35. The smallest absolute Gasteiger partial charge is 0.243 e. The van der Waals surface area contributed by atoms with Gasteiger partial charge < -0.3 is 19.6 Å². The van der Waals surface area contributed by atoms with Crippen LogP contribution in [0, 0.1) is 6.92 Å². The van der Waals surface area contributed by atoms with Gasteiger partial charge in [-0.05, 0) is 50.1 Å². The second-order valence-electron chi connectivity index (χ2n) is 10.2. The zero-order valence-electron chi connectivity index (χ0n) is 21.0. The van der Waals surface area contributed by atoms with Gasteiger partial charge in [-0.1, -0.05) is 0 Å². The lowest BCUT2D eigenvalue weighted by Crippen LogP contribution is -2.49. The summed E-state index contributed by atoms with van der Waals surface area (Å²) in [5.74, 6) is 2.68. The van der Waals surface area contributed by atoms with Gasteiger partial charge in [0.1, 0.15) is 17.5 Å². The monoisotopic (exact) mass is 511 g/mol. The van der Waals surface area contributed by atoms with Crippen LogP contribution >= 0.6 is 0 Å². The lowest BCUT2D eigenvalue weighted by atomic mass is 10.00. The highest BCUT2D eigenvalue weighted by atomic mass is 32.2. The molecule has 4 aliphatic rings. The Morgan fingerprint density at radius 2 is 1.33 bits per heavy atom. The van der Waals surface area contributed by atoms with Gasteiger partial charge in [0, 0.05) is 71.4 Å². The van der Waals surface area contributed by atoms with E-state index in [1.165, 1.54) is 0 Å². The third kappa shape index (κ3) is 4.12. The maximum Gasteiger partial charge on any atom is 0.243 e. The first kappa shape index (κ1) is 23.6. The van der Waals surface area contributed by atoms with Crippen molar-refractivity contribution in [3.05, 3.63) is 35.2 Å². The molecule has 0 atom stereocenters. The Hall–Kier alpha value is -2.76. The number of carbonyl (C=O) groups excluding carboxylic acids is 1. The number of nitrogens with zero attached hydrogens (tertiary/aromatic N) is 7. The van der Waals surface area contributed by atoms with E-state index in [2.05, 4.69) is 31.7 Å². The van der Waals surface area contributed by atoms with Gasteiger partial charge in [-0.3, -0.25) is 4.79 Å². The molecular formula is C25H33N7O3S. The van der Waals surface area contributed by atoms with Crippen LogP contribution in [0.15, 0.2) is 23.1 Å². The molecule has 0 radical (unpaired) electrons. The lowest BCUT2D eigenvalue weighted by molar-refractivity contribution is -0.118. The first-order chi connectivity index (χ1) is 17.3. The fourth-order valence-corrected chi connectivity index (χ4v) is 7.30. The number of aromatic nitrogens is 2. The zero-order valence-corrected chi connectivity index (χ0v) is 21.8. The predicted octanol–water partition coefficient (Wildman–Crippen LogP) is 0.883. The summed E-state index contributed by atoms with van der Waals surface area (Å²) in [6.45, 7) is 8.44. The van der Waals surface area contributed by atoms with Crippen molar-refractivity contribution in [1.29, 1.82) is 0 Å². The van der Waals surface area contributed by atoms with Gasteiger partial charge in [0.25, 0.3) is 0 Å². The van der Waals surface area contributed by atoms with Crippen LogP contribution in [0.1, 0.15) is 23.4 Å². The van der Waals surface area contributed by atoms with Crippen molar-refractivity contribution < 1.29 is 13.2 Å². The Bertz CT molecular complexity index is 1300. The molecule has 11 heteroatoms. The Labute approximate surface area is 212 Å². The molecule has 6 rings (SSSR count). The molecule has 2 saturated heterocycles. The first-order valence-electron chi connectivity index (χ1n) is 12.8. The van der Waals surface area contributed by atoms with Gasteiger partial charge in [-0.15, -0.1) is 0 Å². The number of sulfonamides is 1. The number of carbonyl (C=O) groups is 1. The average Bonchev–Trinajstić information content (AvgIpc) is 3.32. The molecule has 1 amide bonds. The predicted molar refractivity (Wildman–Crippen MR) is 138 cm³/mol. The maximum atomic E-state index is 13.6. The summed E-state index contributed by atoms with van der Waals surface area (Å²) >= 11 is 0. The molecule has 0 aliphatic carbocycles. The van der Waals surface area contributed by atoms with Crippen molar-refractivity contribution in [2.45, 2.75) is 31.1 Å². The number of rotatable bonds is 4. The number of aryl methyl sites for hydroxylation is 2. The van der Waals surface area contributed by atoms with Gasteiger partial charge in [-0.2, -0.15) is 4.31 Å². The quantitative estimate of drug-likeness (QED) is 0.598. The minimum atomic E-state index is -3.61. The van der Waals surface area contributed by atoms with E-state index in [9.17, 15) is 13.2 Å². The molecule has 0 bridgehead atoms. The van der Waals surface area contributed by atoms with E-state index in [1.54, 1.807) is 16.4 Å². The van der Waals surface area contributed by atoms with Crippen LogP contribution in [0.2, 0.25) is 0 Å². The van der Waals surface area contributed by atoms with Crippen molar-refractivity contribution in [2.75, 3.05) is 80.7 Å². The Kier molecular flexibility index (Phi) is 5.88. The second-order valence-corrected chi connectivity index (χ2v) is 12.1. The zero-order chi connectivity index (χ0) is 25.0. The van der Waals surface area contributed by atoms with Gasteiger partial charge in [0.15, 0.2) is 0 Å². The minimum absolute atomic E-state index is 0.142. The van der Waals surface area contributed by atoms with E-state index in [0.717, 1.165) is 60.5 Å². The van der Waals surface area contributed by atoms with Crippen molar-refractivity contribution in [3.8, 4) is 0 Å². The number of hydrogen-bond donors (Lipinski definition) is 0. The summed E-state index contributed by atoms with van der Waals surface area (Å²) in [7, 11) is -1.48. The van der Waals surface area contributed by atoms with Crippen LogP contribution in [0.25, 0.3) is 0 Å². The summed E-state index contributed by atoms with van der Waals surface area (Å²) in [4.78, 5) is 30.5. The summed E-state index contributed by atoms with van der Waals surface area (Å²) in [6, 6.07) is 5.62. The lowest BCUT2D eigenvalue weighted by Gasteiger charge is -2.36. The molecular weight excluding hydrogens is 478 g/mol. The van der Waals surface area contributed by atoms with Crippen molar-refractivity contribution >= 4 is 33.3 Å². The second kappa shape index (κ2) is 8.97. The average molecular weight is 512 g/mol. The molecule has 0 saturated carbocycles. The van der Waals surface area contributed by atoms with Crippen molar-refractivity contribution in [3.63, 3.8) is 0 Å². The van der Waals surface area contributed by atoms with E-state index in [4.69, 9.17) is 0 Å². The first-order valence-corrected chi connectivity index (χ1v) is 14.2. The molecule has 0 spiro atoms. The van der Waals surface area contributed by atoms with E-state index in [1.807, 2.05) is 17.9 Å². The SMILES string of the molecule is Cc1nc(N2CCN(C)CC2)cc(N2CCN(S(=O)(=O)c3cc4c5c(c3)CCN5C(=O)CC4)CC2)n1. The third-order valence-corrected chi connectivity index (χ3v) is 9.74. The van der Waals surface area contributed by atoms with Gasteiger partial charge >= 0.3 is 0 Å². The molecule has 5 heterocycles. The summed E-state index contributed by atoms with van der Waals surface area (Å²) in [5.41, 5.74) is 2.91. The number of piperazine rings is 2. The Morgan fingerprint density at radius 1 is 0.750 bits per heavy atom. The Morgan fingerprint density at radius 3 is 1.97 bits per heavy atom. The fraction of sp³-hybridized carbons (Fsp3) is 0.560. The highest BCUT2D eigenvalue weighted by molar-refractivity contribution is 7.89. The van der Waals surface area contributed by atoms with Crippen LogP contribution in [0.5, 0.6) is 0 Å². The van der Waals surface area contributed by atoms with Gasteiger partial charge in [0.05, 0.1) is 10.6 Å². The summed E-state index contributed by atoms with van der Waals surface area (Å²) in [5, 5.41) is 0. The van der Waals surface area contributed by atoms with Crippen LogP contribution in [-0.2, 0) is 27.7 Å². The fourth-order valence-electron chi connectivity index (χ4n) is 5.78. The van der Waals surface area contributed by atoms with Crippen LogP contribution < -0.4 is 14.7 Å². The third-order valence-electron chi connectivity index (χ3n) is 7.86. The van der Waals surface area contributed by atoms with E-state index in [-0.39, 0.29) is 5.91 Å². The van der Waals surface area contributed by atoms with Crippen molar-refractivity contribution in [1.82, 2.24) is 19.2 Å². The van der Waals surface area contributed by atoms with E-state index >= 15 is 0 Å². The molecule has 0 N–H and O–H groups in total. The molecule has 0 unspecified atom stereocenters. The number of anilines is 3. The van der Waals surface area contributed by atoms with Crippen molar-refractivity contribution in [2.24, 2.45) is 0 Å². The topological polar surface area (TPSA) is 93.2 Å².